The molecule has 0 aromatic carbocycles. The van der Waals surface area contributed by atoms with Crippen LogP contribution in [0, 0.1) is 0 Å². The maximum Gasteiger partial charge on any atom is 0.00104 e. The van der Waals surface area contributed by atoms with Crippen LogP contribution in [0.5, 0.6) is 0 Å². The summed E-state index contributed by atoms with van der Waals surface area (Å²) < 4.78 is 0. The fourth-order valence-electron chi connectivity index (χ4n) is 2.48. The Morgan fingerprint density at radius 2 is 0.944 bits per heavy atom. The first-order valence-electron chi connectivity index (χ1n) is 8.53. The van der Waals surface area contributed by atoms with E-state index in [0.717, 1.165) is 0 Å². The zero-order valence-electron chi connectivity index (χ0n) is 13.1. The normalized spacial score (nSPS) is 12.8. The van der Waals surface area contributed by atoms with Gasteiger partial charge in [0, 0.05) is 6.04 Å². The quantitative estimate of drug-likeness (QED) is 0.389. The zero-order chi connectivity index (χ0) is 13.5. The van der Waals surface area contributed by atoms with Crippen LogP contribution in [-0.4, -0.2) is 6.04 Å². The maximum atomic E-state index is 5.73. The Bertz CT molecular complexity index is 143. The van der Waals surface area contributed by atoms with Crippen LogP contribution in [0.2, 0.25) is 0 Å². The van der Waals surface area contributed by atoms with E-state index in [2.05, 4.69) is 13.8 Å². The van der Waals surface area contributed by atoms with Crippen molar-refractivity contribution in [2.24, 2.45) is 5.73 Å². The van der Waals surface area contributed by atoms with Gasteiger partial charge in [-0.3, -0.25) is 0 Å². The van der Waals surface area contributed by atoms with E-state index in [1.807, 2.05) is 0 Å². The molecular formula is C17H37N. The van der Waals surface area contributed by atoms with Gasteiger partial charge in [-0.05, 0) is 13.3 Å². The topological polar surface area (TPSA) is 26.0 Å². The molecule has 0 saturated carbocycles. The molecule has 0 heterocycles. The van der Waals surface area contributed by atoms with Gasteiger partial charge in [0.05, 0.1) is 0 Å². The fraction of sp³-hybridized carbons (Fsp3) is 1.00. The average molecular weight is 255 g/mol. The Hall–Kier alpha value is -0.0400. The molecule has 1 unspecified atom stereocenters. The lowest BCUT2D eigenvalue weighted by atomic mass is 10.0. The van der Waals surface area contributed by atoms with Crippen molar-refractivity contribution in [2.75, 3.05) is 0 Å². The van der Waals surface area contributed by atoms with Crippen LogP contribution < -0.4 is 5.73 Å². The Labute approximate surface area is 116 Å². The molecule has 0 bridgehead atoms. The SMILES string of the molecule is CCCCCCCCCCCCCCCC(C)N. The van der Waals surface area contributed by atoms with Crippen molar-refractivity contribution in [2.45, 2.75) is 110 Å². The van der Waals surface area contributed by atoms with Gasteiger partial charge in [-0.25, -0.2) is 0 Å². The molecule has 0 aliphatic carbocycles. The molecule has 18 heavy (non-hydrogen) atoms. The van der Waals surface area contributed by atoms with Crippen molar-refractivity contribution >= 4 is 0 Å². The molecule has 0 saturated heterocycles. The second-order valence-electron chi connectivity index (χ2n) is 6.01. The van der Waals surface area contributed by atoms with E-state index in [4.69, 9.17) is 5.73 Å². The molecule has 0 aliphatic rings. The second kappa shape index (κ2) is 15.0. The van der Waals surface area contributed by atoms with Gasteiger partial charge in [0.15, 0.2) is 0 Å². The summed E-state index contributed by atoms with van der Waals surface area (Å²) in [4.78, 5) is 0. The van der Waals surface area contributed by atoms with Gasteiger partial charge in [0.2, 0.25) is 0 Å². The number of unbranched alkanes of at least 4 members (excludes halogenated alkanes) is 12. The summed E-state index contributed by atoms with van der Waals surface area (Å²) in [6.45, 7) is 4.40. The maximum absolute atomic E-state index is 5.73. The first kappa shape index (κ1) is 18.0. The minimum Gasteiger partial charge on any atom is -0.328 e. The summed E-state index contributed by atoms with van der Waals surface area (Å²) >= 11 is 0. The van der Waals surface area contributed by atoms with E-state index in [0.29, 0.717) is 6.04 Å². The highest BCUT2D eigenvalue weighted by Gasteiger charge is 1.95. The molecule has 0 rings (SSSR count). The summed E-state index contributed by atoms with van der Waals surface area (Å²) in [5.41, 5.74) is 5.73. The van der Waals surface area contributed by atoms with Crippen molar-refractivity contribution in [3.63, 3.8) is 0 Å². The molecule has 1 heteroatoms. The molecular weight excluding hydrogens is 218 g/mol. The summed E-state index contributed by atoms with van der Waals surface area (Å²) in [6, 6.07) is 0.401. The Kier molecular flexibility index (Phi) is 15.0. The minimum absolute atomic E-state index is 0.401. The van der Waals surface area contributed by atoms with Crippen LogP contribution >= 0.6 is 0 Å². The molecule has 0 amide bonds. The van der Waals surface area contributed by atoms with Crippen LogP contribution in [0.4, 0.5) is 0 Å². The third-order valence-corrected chi connectivity index (χ3v) is 3.76. The molecule has 0 aliphatic heterocycles. The highest BCUT2D eigenvalue weighted by atomic mass is 14.6. The third-order valence-electron chi connectivity index (χ3n) is 3.76. The lowest BCUT2D eigenvalue weighted by Gasteiger charge is -2.04. The molecule has 110 valence electrons. The monoisotopic (exact) mass is 255 g/mol. The number of hydrogen-bond acceptors (Lipinski definition) is 1. The molecule has 2 N–H and O–H groups in total. The van der Waals surface area contributed by atoms with Gasteiger partial charge in [-0.1, -0.05) is 90.4 Å². The van der Waals surface area contributed by atoms with Crippen LogP contribution in [0.25, 0.3) is 0 Å². The predicted octanol–water partition coefficient (Wildman–Crippen LogP) is 5.81. The molecule has 0 aromatic rings. The third kappa shape index (κ3) is 16.0. The summed E-state index contributed by atoms with van der Waals surface area (Å²) in [5, 5.41) is 0. The molecule has 1 nitrogen and oxygen atoms in total. The van der Waals surface area contributed by atoms with E-state index >= 15 is 0 Å². The van der Waals surface area contributed by atoms with Crippen molar-refractivity contribution in [1.29, 1.82) is 0 Å². The van der Waals surface area contributed by atoms with E-state index in [1.54, 1.807) is 0 Å². The Balaban J connectivity index is 2.90. The molecule has 0 spiro atoms. The van der Waals surface area contributed by atoms with E-state index in [1.165, 1.54) is 89.9 Å². The summed E-state index contributed by atoms with van der Waals surface area (Å²) in [7, 11) is 0. The molecule has 0 fully saturated rings. The first-order chi connectivity index (χ1) is 8.77. The van der Waals surface area contributed by atoms with Crippen molar-refractivity contribution in [1.82, 2.24) is 0 Å². The van der Waals surface area contributed by atoms with Gasteiger partial charge in [0.25, 0.3) is 0 Å². The summed E-state index contributed by atoms with van der Waals surface area (Å²) in [6.07, 6.45) is 19.8. The van der Waals surface area contributed by atoms with Crippen molar-refractivity contribution in [3.8, 4) is 0 Å². The zero-order valence-corrected chi connectivity index (χ0v) is 13.1. The summed E-state index contributed by atoms with van der Waals surface area (Å²) in [5.74, 6) is 0. The number of nitrogens with two attached hydrogens (primary N) is 1. The highest BCUT2D eigenvalue weighted by Crippen LogP contribution is 2.13. The molecule has 1 atom stereocenters. The smallest absolute Gasteiger partial charge is 0.00104 e. The Morgan fingerprint density at radius 1 is 0.611 bits per heavy atom. The predicted molar refractivity (Wildman–Crippen MR) is 84.0 cm³/mol. The minimum atomic E-state index is 0.401. The molecule has 0 radical (unpaired) electrons. The lowest BCUT2D eigenvalue weighted by molar-refractivity contribution is 0.525. The van der Waals surface area contributed by atoms with Crippen LogP contribution in [-0.2, 0) is 0 Å². The van der Waals surface area contributed by atoms with Gasteiger partial charge < -0.3 is 5.73 Å². The number of hydrogen-bond donors (Lipinski definition) is 1. The average Bonchev–Trinajstić information content (AvgIpc) is 2.34. The second-order valence-corrected chi connectivity index (χ2v) is 6.01. The van der Waals surface area contributed by atoms with Crippen LogP contribution in [0.1, 0.15) is 104 Å². The van der Waals surface area contributed by atoms with E-state index in [9.17, 15) is 0 Å². The van der Waals surface area contributed by atoms with Crippen molar-refractivity contribution < 1.29 is 0 Å². The van der Waals surface area contributed by atoms with Gasteiger partial charge in [0.1, 0.15) is 0 Å². The van der Waals surface area contributed by atoms with E-state index in [-0.39, 0.29) is 0 Å². The van der Waals surface area contributed by atoms with Gasteiger partial charge in [-0.2, -0.15) is 0 Å². The van der Waals surface area contributed by atoms with Crippen LogP contribution in [0.3, 0.4) is 0 Å². The van der Waals surface area contributed by atoms with Gasteiger partial charge >= 0.3 is 0 Å². The fourth-order valence-corrected chi connectivity index (χ4v) is 2.48. The standard InChI is InChI=1S/C17H37N/c1-3-4-5-6-7-8-9-10-11-12-13-14-15-16-17(2)18/h17H,3-16,18H2,1-2H3. The Morgan fingerprint density at radius 3 is 1.28 bits per heavy atom. The highest BCUT2D eigenvalue weighted by molar-refractivity contribution is 4.54. The number of rotatable bonds is 14. The van der Waals surface area contributed by atoms with Crippen LogP contribution in [0.15, 0.2) is 0 Å². The van der Waals surface area contributed by atoms with Gasteiger partial charge in [-0.15, -0.1) is 0 Å². The first-order valence-corrected chi connectivity index (χ1v) is 8.53. The molecule has 0 aromatic heterocycles. The largest absolute Gasteiger partial charge is 0.328 e. The lowest BCUT2D eigenvalue weighted by Crippen LogP contribution is -2.13. The van der Waals surface area contributed by atoms with Crippen molar-refractivity contribution in [3.05, 3.63) is 0 Å². The van der Waals surface area contributed by atoms with E-state index < -0.39 is 0 Å².